The summed E-state index contributed by atoms with van der Waals surface area (Å²) in [6.07, 6.45) is 1.60. The molecule has 0 bridgehead atoms. The van der Waals surface area contributed by atoms with E-state index in [1.807, 2.05) is 6.92 Å². The van der Waals surface area contributed by atoms with Crippen molar-refractivity contribution < 1.29 is 9.53 Å². The fraction of sp³-hybridized carbons (Fsp3) is 0.462. The molecule has 2 heteroatoms. The van der Waals surface area contributed by atoms with E-state index in [4.69, 9.17) is 4.74 Å². The van der Waals surface area contributed by atoms with Gasteiger partial charge in [-0.25, -0.2) is 0 Å². The zero-order valence-electron chi connectivity index (χ0n) is 9.46. The number of carbonyl (C=O) groups excluding carboxylic acids is 1. The zero-order chi connectivity index (χ0) is 11.1. The van der Waals surface area contributed by atoms with Crippen molar-refractivity contribution in [3.8, 4) is 0 Å². The Morgan fingerprint density at radius 2 is 2.00 bits per heavy atom. The van der Waals surface area contributed by atoms with Crippen LogP contribution in [-0.2, 0) is 22.4 Å². The molecule has 0 heterocycles. The first kappa shape index (κ1) is 10.2. The number of ether oxygens (including phenoxy) is 1. The molecule has 15 heavy (non-hydrogen) atoms. The van der Waals surface area contributed by atoms with Crippen molar-refractivity contribution in [1.82, 2.24) is 0 Å². The highest BCUT2D eigenvalue weighted by Gasteiger charge is 2.40. The van der Waals surface area contributed by atoms with Crippen LogP contribution in [0.2, 0.25) is 0 Å². The van der Waals surface area contributed by atoms with Gasteiger partial charge in [-0.05, 0) is 37.8 Å². The topological polar surface area (TPSA) is 26.3 Å². The van der Waals surface area contributed by atoms with E-state index < -0.39 is 0 Å². The average Bonchev–Trinajstić information content (AvgIpc) is 2.53. The number of carbonyl (C=O) groups is 1. The van der Waals surface area contributed by atoms with Gasteiger partial charge in [0.15, 0.2) is 0 Å². The van der Waals surface area contributed by atoms with Gasteiger partial charge >= 0.3 is 5.97 Å². The van der Waals surface area contributed by atoms with E-state index in [-0.39, 0.29) is 11.4 Å². The molecule has 0 aromatic heterocycles. The number of methoxy groups -OCH3 is 1. The lowest BCUT2D eigenvalue weighted by Gasteiger charge is -2.19. The maximum atomic E-state index is 11.7. The molecule has 1 aromatic rings. The highest BCUT2D eigenvalue weighted by molar-refractivity contribution is 5.78. The van der Waals surface area contributed by atoms with Crippen LogP contribution in [0, 0.1) is 12.3 Å². The standard InChI is InChI=1S/C13H16O2/c1-9-4-5-10-7-13(2,12(14)15-3)8-11(10)6-9/h4-6H,7-8H2,1-3H3/t13-/m1/s1. The number of hydrogen-bond acceptors (Lipinski definition) is 2. The number of fused-ring (bicyclic) bond motifs is 1. The normalized spacial score (nSPS) is 23.7. The highest BCUT2D eigenvalue weighted by Crippen LogP contribution is 2.37. The molecule has 1 atom stereocenters. The molecular formula is C13H16O2. The SMILES string of the molecule is COC(=O)[C@]1(C)Cc2ccc(C)cc2C1. The van der Waals surface area contributed by atoms with Crippen LogP contribution < -0.4 is 0 Å². The Balaban J connectivity index is 2.32. The van der Waals surface area contributed by atoms with Crippen molar-refractivity contribution in [2.24, 2.45) is 5.41 Å². The lowest BCUT2D eigenvalue weighted by molar-refractivity contribution is -0.151. The summed E-state index contributed by atoms with van der Waals surface area (Å²) in [7, 11) is 1.46. The minimum absolute atomic E-state index is 0.101. The summed E-state index contributed by atoms with van der Waals surface area (Å²) in [6.45, 7) is 4.06. The predicted molar refractivity (Wildman–Crippen MR) is 58.7 cm³/mol. The number of benzene rings is 1. The van der Waals surface area contributed by atoms with Gasteiger partial charge in [-0.2, -0.15) is 0 Å². The monoisotopic (exact) mass is 204 g/mol. The molecule has 0 radical (unpaired) electrons. The zero-order valence-corrected chi connectivity index (χ0v) is 9.46. The molecule has 1 aliphatic carbocycles. The molecule has 0 amide bonds. The minimum atomic E-state index is -0.356. The van der Waals surface area contributed by atoms with Gasteiger partial charge in [0.2, 0.25) is 0 Å². The summed E-state index contributed by atoms with van der Waals surface area (Å²) in [5.41, 5.74) is 3.48. The van der Waals surface area contributed by atoms with Crippen LogP contribution in [0.5, 0.6) is 0 Å². The van der Waals surface area contributed by atoms with Crippen LogP contribution in [0.25, 0.3) is 0 Å². The smallest absolute Gasteiger partial charge is 0.312 e. The third-order valence-electron chi connectivity index (χ3n) is 3.20. The van der Waals surface area contributed by atoms with Crippen molar-refractivity contribution in [3.05, 3.63) is 34.9 Å². The lowest BCUT2D eigenvalue weighted by atomic mass is 9.87. The number of aryl methyl sites for hydroxylation is 1. The minimum Gasteiger partial charge on any atom is -0.469 e. The van der Waals surface area contributed by atoms with Gasteiger partial charge in [0.1, 0.15) is 0 Å². The van der Waals surface area contributed by atoms with E-state index in [1.54, 1.807) is 0 Å². The van der Waals surface area contributed by atoms with Crippen molar-refractivity contribution >= 4 is 5.97 Å². The summed E-state index contributed by atoms with van der Waals surface area (Å²) in [5, 5.41) is 0. The fourth-order valence-corrected chi connectivity index (χ4v) is 2.39. The van der Waals surface area contributed by atoms with Crippen LogP contribution in [0.1, 0.15) is 23.6 Å². The van der Waals surface area contributed by atoms with Gasteiger partial charge in [-0.15, -0.1) is 0 Å². The van der Waals surface area contributed by atoms with Gasteiger partial charge in [-0.3, -0.25) is 4.79 Å². The van der Waals surface area contributed by atoms with E-state index in [0.717, 1.165) is 12.8 Å². The van der Waals surface area contributed by atoms with Gasteiger partial charge in [0.25, 0.3) is 0 Å². The summed E-state index contributed by atoms with van der Waals surface area (Å²) in [4.78, 5) is 11.7. The van der Waals surface area contributed by atoms with E-state index >= 15 is 0 Å². The van der Waals surface area contributed by atoms with E-state index in [2.05, 4.69) is 25.1 Å². The van der Waals surface area contributed by atoms with Crippen LogP contribution in [0.15, 0.2) is 18.2 Å². The van der Waals surface area contributed by atoms with E-state index in [1.165, 1.54) is 23.8 Å². The van der Waals surface area contributed by atoms with E-state index in [9.17, 15) is 4.79 Å². The summed E-state index contributed by atoms with van der Waals surface area (Å²) < 4.78 is 4.86. The molecule has 80 valence electrons. The van der Waals surface area contributed by atoms with Gasteiger partial charge in [-0.1, -0.05) is 23.8 Å². The first-order chi connectivity index (χ1) is 7.05. The summed E-state index contributed by atoms with van der Waals surface area (Å²) in [5.74, 6) is -0.101. The molecule has 1 aliphatic rings. The van der Waals surface area contributed by atoms with Crippen LogP contribution >= 0.6 is 0 Å². The Hall–Kier alpha value is -1.31. The first-order valence-electron chi connectivity index (χ1n) is 5.22. The number of rotatable bonds is 1. The molecule has 0 saturated heterocycles. The number of hydrogen-bond donors (Lipinski definition) is 0. The van der Waals surface area contributed by atoms with Gasteiger partial charge in [0, 0.05) is 0 Å². The van der Waals surface area contributed by atoms with Crippen LogP contribution in [0.4, 0.5) is 0 Å². The molecule has 0 N–H and O–H groups in total. The molecule has 2 nitrogen and oxygen atoms in total. The second-order valence-corrected chi connectivity index (χ2v) is 4.68. The quantitative estimate of drug-likeness (QED) is 0.656. The lowest BCUT2D eigenvalue weighted by Crippen LogP contribution is -2.29. The molecule has 0 unspecified atom stereocenters. The molecule has 0 saturated carbocycles. The predicted octanol–water partition coefficient (Wildman–Crippen LogP) is 2.27. The molecule has 0 spiro atoms. The highest BCUT2D eigenvalue weighted by atomic mass is 16.5. The van der Waals surface area contributed by atoms with Crippen molar-refractivity contribution in [2.75, 3.05) is 7.11 Å². The fourth-order valence-electron chi connectivity index (χ4n) is 2.39. The van der Waals surface area contributed by atoms with Crippen LogP contribution in [-0.4, -0.2) is 13.1 Å². The number of esters is 1. The summed E-state index contributed by atoms with van der Waals surface area (Å²) >= 11 is 0. The van der Waals surface area contributed by atoms with Gasteiger partial charge < -0.3 is 4.74 Å². The average molecular weight is 204 g/mol. The van der Waals surface area contributed by atoms with E-state index in [0.29, 0.717) is 0 Å². The second-order valence-electron chi connectivity index (χ2n) is 4.68. The van der Waals surface area contributed by atoms with Crippen molar-refractivity contribution in [3.63, 3.8) is 0 Å². The largest absolute Gasteiger partial charge is 0.469 e. The van der Waals surface area contributed by atoms with Gasteiger partial charge in [0.05, 0.1) is 12.5 Å². The van der Waals surface area contributed by atoms with Crippen molar-refractivity contribution in [2.45, 2.75) is 26.7 Å². The molecular weight excluding hydrogens is 188 g/mol. The third-order valence-corrected chi connectivity index (χ3v) is 3.20. The Morgan fingerprint density at radius 1 is 1.33 bits per heavy atom. The summed E-state index contributed by atoms with van der Waals surface area (Å²) in [6, 6.07) is 6.39. The first-order valence-corrected chi connectivity index (χ1v) is 5.22. The maximum Gasteiger partial charge on any atom is 0.312 e. The van der Waals surface area contributed by atoms with Crippen molar-refractivity contribution in [1.29, 1.82) is 0 Å². The Morgan fingerprint density at radius 3 is 2.67 bits per heavy atom. The Kier molecular flexibility index (Phi) is 2.29. The molecule has 1 aromatic carbocycles. The second kappa shape index (κ2) is 3.37. The van der Waals surface area contributed by atoms with Crippen LogP contribution in [0.3, 0.4) is 0 Å². The Bertz CT molecular complexity index is 409. The third kappa shape index (κ3) is 1.65. The Labute approximate surface area is 90.3 Å². The molecule has 0 aliphatic heterocycles. The maximum absolute atomic E-state index is 11.7. The molecule has 0 fully saturated rings. The molecule has 2 rings (SSSR count).